The smallest absolute Gasteiger partial charge is 0.161 e. The van der Waals surface area contributed by atoms with Crippen LogP contribution < -0.4 is 9.47 Å². The average molecular weight is 291 g/mol. The molecule has 0 radical (unpaired) electrons. The summed E-state index contributed by atoms with van der Waals surface area (Å²) in [5.74, 6) is 1.22. The minimum Gasteiger partial charge on any atom is -0.493 e. The number of hydrogen-bond donors (Lipinski definition) is 1. The summed E-state index contributed by atoms with van der Waals surface area (Å²) in [6, 6.07) is 5.43. The summed E-state index contributed by atoms with van der Waals surface area (Å²) in [6.07, 6.45) is -0.640. The topological polar surface area (TPSA) is 47.9 Å². The maximum Gasteiger partial charge on any atom is 0.161 e. The number of aliphatic hydroxyl groups excluding tert-OH is 1. The Balaban J connectivity index is 2.59. The normalized spacial score (nSPS) is 12.2. The molecule has 16 heavy (non-hydrogen) atoms. The van der Waals surface area contributed by atoms with Gasteiger partial charge in [0.25, 0.3) is 0 Å². The van der Waals surface area contributed by atoms with Gasteiger partial charge in [-0.25, -0.2) is 0 Å². The molecule has 1 aromatic carbocycles. The van der Waals surface area contributed by atoms with Crippen LogP contribution in [0.25, 0.3) is 0 Å². The van der Waals surface area contributed by atoms with E-state index in [-0.39, 0.29) is 13.2 Å². The van der Waals surface area contributed by atoms with Crippen molar-refractivity contribution in [1.82, 2.24) is 0 Å². The van der Waals surface area contributed by atoms with Gasteiger partial charge in [-0.15, -0.1) is 0 Å². The summed E-state index contributed by atoms with van der Waals surface area (Å²) in [6.45, 7) is 0.421. The third-order valence-electron chi connectivity index (χ3n) is 1.92. The Kier molecular flexibility index (Phi) is 5.59. The second-order valence-corrected chi connectivity index (χ2v) is 4.13. The lowest BCUT2D eigenvalue weighted by atomic mass is 10.3. The van der Waals surface area contributed by atoms with Crippen LogP contribution in [0.2, 0.25) is 0 Å². The van der Waals surface area contributed by atoms with Gasteiger partial charge in [0.2, 0.25) is 0 Å². The van der Waals surface area contributed by atoms with Crippen molar-refractivity contribution in [2.24, 2.45) is 0 Å². The Hall–Kier alpha value is -0.780. The van der Waals surface area contributed by atoms with Crippen LogP contribution in [-0.2, 0) is 4.74 Å². The molecular weight excluding hydrogens is 276 g/mol. The van der Waals surface area contributed by atoms with Gasteiger partial charge in [0.1, 0.15) is 12.7 Å². The Morgan fingerprint density at radius 2 is 2.00 bits per heavy atom. The summed E-state index contributed by atoms with van der Waals surface area (Å²) < 4.78 is 16.3. The summed E-state index contributed by atoms with van der Waals surface area (Å²) in [5, 5.41) is 9.43. The summed E-state index contributed by atoms with van der Waals surface area (Å²) in [5.41, 5.74) is 0. The van der Waals surface area contributed by atoms with Crippen LogP contribution in [0.15, 0.2) is 22.7 Å². The Bertz CT molecular complexity index is 330. The van der Waals surface area contributed by atoms with E-state index in [4.69, 9.17) is 14.2 Å². The van der Waals surface area contributed by atoms with E-state index in [1.165, 1.54) is 7.11 Å². The van der Waals surface area contributed by atoms with Crippen molar-refractivity contribution in [1.29, 1.82) is 0 Å². The monoisotopic (exact) mass is 290 g/mol. The van der Waals surface area contributed by atoms with Crippen LogP contribution >= 0.6 is 15.9 Å². The molecule has 1 N–H and O–H groups in total. The van der Waals surface area contributed by atoms with Gasteiger partial charge in [0.05, 0.1) is 13.7 Å². The number of methoxy groups -OCH3 is 2. The zero-order valence-electron chi connectivity index (χ0n) is 9.27. The first-order chi connectivity index (χ1) is 7.67. The minimum absolute atomic E-state index is 0.172. The molecule has 1 aromatic rings. The van der Waals surface area contributed by atoms with Crippen LogP contribution in [0.3, 0.4) is 0 Å². The maximum absolute atomic E-state index is 9.43. The van der Waals surface area contributed by atoms with Crippen LogP contribution in [0, 0.1) is 0 Å². The van der Waals surface area contributed by atoms with E-state index in [0.717, 1.165) is 4.47 Å². The number of halogens is 1. The molecule has 0 aromatic heterocycles. The molecule has 0 fully saturated rings. The number of hydrogen-bond acceptors (Lipinski definition) is 4. The van der Waals surface area contributed by atoms with Crippen LogP contribution in [0.1, 0.15) is 0 Å². The van der Waals surface area contributed by atoms with Gasteiger partial charge >= 0.3 is 0 Å². The molecule has 0 saturated carbocycles. The van der Waals surface area contributed by atoms with Gasteiger partial charge < -0.3 is 19.3 Å². The fraction of sp³-hybridized carbons (Fsp3) is 0.455. The van der Waals surface area contributed by atoms with Gasteiger partial charge in [-0.1, -0.05) is 15.9 Å². The van der Waals surface area contributed by atoms with E-state index in [9.17, 15) is 5.11 Å². The molecular formula is C11H15BrO4. The zero-order valence-corrected chi connectivity index (χ0v) is 10.9. The number of ether oxygens (including phenoxy) is 3. The van der Waals surface area contributed by atoms with Crippen molar-refractivity contribution < 1.29 is 19.3 Å². The van der Waals surface area contributed by atoms with Crippen molar-refractivity contribution in [2.45, 2.75) is 6.10 Å². The molecule has 1 rings (SSSR count). The van der Waals surface area contributed by atoms with Crippen LogP contribution in [0.4, 0.5) is 0 Å². The largest absolute Gasteiger partial charge is 0.493 e. The van der Waals surface area contributed by atoms with E-state index >= 15 is 0 Å². The van der Waals surface area contributed by atoms with Crippen molar-refractivity contribution in [3.05, 3.63) is 22.7 Å². The van der Waals surface area contributed by atoms with Crippen molar-refractivity contribution >= 4 is 15.9 Å². The molecule has 0 aliphatic rings. The summed E-state index contributed by atoms with van der Waals surface area (Å²) in [4.78, 5) is 0. The highest BCUT2D eigenvalue weighted by Crippen LogP contribution is 2.30. The molecule has 0 saturated heterocycles. The second-order valence-electron chi connectivity index (χ2n) is 3.22. The lowest BCUT2D eigenvalue weighted by molar-refractivity contribution is 0.0319. The van der Waals surface area contributed by atoms with Crippen LogP contribution in [0.5, 0.6) is 11.5 Å². The molecule has 0 heterocycles. The minimum atomic E-state index is -0.640. The Labute approximate surface area is 103 Å². The molecule has 0 bridgehead atoms. The lowest BCUT2D eigenvalue weighted by Gasteiger charge is -2.13. The van der Waals surface area contributed by atoms with Gasteiger partial charge in [0, 0.05) is 11.6 Å². The van der Waals surface area contributed by atoms with Gasteiger partial charge in [-0.3, -0.25) is 0 Å². The Morgan fingerprint density at radius 1 is 1.25 bits per heavy atom. The molecule has 1 atom stereocenters. The average Bonchev–Trinajstić information content (AvgIpc) is 2.27. The highest BCUT2D eigenvalue weighted by Gasteiger charge is 2.08. The van der Waals surface area contributed by atoms with E-state index in [2.05, 4.69) is 15.9 Å². The highest BCUT2D eigenvalue weighted by atomic mass is 79.9. The van der Waals surface area contributed by atoms with Crippen molar-refractivity contribution in [2.75, 3.05) is 27.4 Å². The zero-order chi connectivity index (χ0) is 12.0. The fourth-order valence-corrected chi connectivity index (χ4v) is 1.53. The number of aliphatic hydroxyl groups is 1. The molecule has 5 heteroatoms. The van der Waals surface area contributed by atoms with Crippen LogP contribution in [-0.4, -0.2) is 38.6 Å². The molecule has 0 amide bonds. The quantitative estimate of drug-likeness (QED) is 0.869. The lowest BCUT2D eigenvalue weighted by Crippen LogP contribution is -2.22. The maximum atomic E-state index is 9.43. The van der Waals surface area contributed by atoms with E-state index in [0.29, 0.717) is 11.5 Å². The third kappa shape index (κ3) is 4.00. The molecule has 0 aliphatic heterocycles. The van der Waals surface area contributed by atoms with Crippen molar-refractivity contribution in [3.8, 4) is 11.5 Å². The predicted molar refractivity (Wildman–Crippen MR) is 64.1 cm³/mol. The summed E-state index contributed by atoms with van der Waals surface area (Å²) >= 11 is 3.34. The number of rotatable bonds is 6. The molecule has 90 valence electrons. The predicted octanol–water partition coefficient (Wildman–Crippen LogP) is 1.84. The van der Waals surface area contributed by atoms with Crippen molar-refractivity contribution in [3.63, 3.8) is 0 Å². The first-order valence-electron chi connectivity index (χ1n) is 4.80. The first kappa shape index (κ1) is 13.3. The standard InChI is InChI=1S/C11H15BrO4/c1-14-6-9(13)7-16-10-4-3-8(12)5-11(10)15-2/h3-5,9,13H,6-7H2,1-2H3/t9-/m1/s1. The molecule has 0 unspecified atom stereocenters. The van der Waals surface area contributed by atoms with Gasteiger partial charge in [-0.05, 0) is 18.2 Å². The van der Waals surface area contributed by atoms with E-state index < -0.39 is 6.10 Å². The van der Waals surface area contributed by atoms with Gasteiger partial charge in [0.15, 0.2) is 11.5 Å². The molecule has 0 spiro atoms. The second kappa shape index (κ2) is 6.73. The van der Waals surface area contributed by atoms with Gasteiger partial charge in [-0.2, -0.15) is 0 Å². The molecule has 0 aliphatic carbocycles. The number of benzene rings is 1. The molecule has 4 nitrogen and oxygen atoms in total. The third-order valence-corrected chi connectivity index (χ3v) is 2.41. The van der Waals surface area contributed by atoms with E-state index in [1.807, 2.05) is 6.07 Å². The first-order valence-corrected chi connectivity index (χ1v) is 5.60. The highest BCUT2D eigenvalue weighted by molar-refractivity contribution is 9.10. The Morgan fingerprint density at radius 3 is 2.62 bits per heavy atom. The SMILES string of the molecule is COC[C@@H](O)COc1ccc(Br)cc1OC. The summed E-state index contributed by atoms with van der Waals surface area (Å²) in [7, 11) is 3.10. The fourth-order valence-electron chi connectivity index (χ4n) is 1.19. The van der Waals surface area contributed by atoms with E-state index in [1.54, 1.807) is 19.2 Å².